The third-order valence-electron chi connectivity index (χ3n) is 5.57. The Bertz CT molecular complexity index is 1770. The van der Waals surface area contributed by atoms with E-state index in [9.17, 15) is 4.79 Å². The van der Waals surface area contributed by atoms with Crippen molar-refractivity contribution in [2.75, 3.05) is 20.8 Å². The van der Waals surface area contributed by atoms with Gasteiger partial charge in [0.2, 0.25) is 5.82 Å². The fourth-order valence-electron chi connectivity index (χ4n) is 3.90. The minimum Gasteiger partial charge on any atom is -0.496 e. The number of halogens is 1. The van der Waals surface area contributed by atoms with Crippen LogP contribution >= 0.6 is 15.9 Å². The van der Waals surface area contributed by atoms with Crippen molar-refractivity contribution in [3.8, 4) is 34.9 Å². The third kappa shape index (κ3) is 4.52. The molecule has 3 aromatic carbocycles. The van der Waals surface area contributed by atoms with Gasteiger partial charge in [-0.2, -0.15) is 15.0 Å². The molecule has 0 saturated heterocycles. The van der Waals surface area contributed by atoms with Crippen molar-refractivity contribution in [1.29, 1.82) is 5.26 Å². The van der Waals surface area contributed by atoms with Gasteiger partial charge in [-0.05, 0) is 64.0 Å². The van der Waals surface area contributed by atoms with Gasteiger partial charge in [-0.25, -0.2) is 4.98 Å². The molecule has 10 heteroatoms. The fourth-order valence-corrected chi connectivity index (χ4v) is 4.47. The van der Waals surface area contributed by atoms with E-state index in [2.05, 4.69) is 21.0 Å². The minimum absolute atomic E-state index is 0.133. The van der Waals surface area contributed by atoms with Gasteiger partial charge in [0.15, 0.2) is 23.9 Å². The third-order valence-corrected chi connectivity index (χ3v) is 6.16. The molecule has 0 aliphatic carbocycles. The summed E-state index contributed by atoms with van der Waals surface area (Å²) in [6, 6.07) is 19.6. The number of nitrogens with zero attached hydrogens (tertiary/aromatic N) is 4. The molecule has 0 radical (unpaired) electrons. The maximum absolute atomic E-state index is 13.5. The van der Waals surface area contributed by atoms with Crippen LogP contribution in [0.25, 0.3) is 33.5 Å². The highest BCUT2D eigenvalue weighted by Gasteiger charge is 2.18. The molecule has 0 unspecified atom stereocenters. The molecule has 37 heavy (non-hydrogen) atoms. The Balaban J connectivity index is 1.67. The second kappa shape index (κ2) is 10.2. The molecule has 0 atom stereocenters. The molecule has 0 aliphatic heterocycles. The molecule has 5 rings (SSSR count). The molecule has 0 amide bonds. The summed E-state index contributed by atoms with van der Waals surface area (Å²) in [5, 5.41) is 14.5. The van der Waals surface area contributed by atoms with E-state index >= 15 is 0 Å². The van der Waals surface area contributed by atoms with Gasteiger partial charge in [0, 0.05) is 0 Å². The maximum Gasteiger partial charge on any atom is 0.282 e. The van der Waals surface area contributed by atoms with Crippen LogP contribution in [0.2, 0.25) is 0 Å². The maximum atomic E-state index is 13.5. The number of methoxy groups -OCH3 is 2. The number of hydrogen-bond donors (Lipinski definition) is 0. The summed E-state index contributed by atoms with van der Waals surface area (Å²) in [6.07, 6.45) is 1.51. The van der Waals surface area contributed by atoms with Gasteiger partial charge in [-0.1, -0.05) is 18.2 Å². The zero-order chi connectivity index (χ0) is 25.9. The van der Waals surface area contributed by atoms with Gasteiger partial charge in [-0.15, -0.1) is 0 Å². The van der Waals surface area contributed by atoms with Crippen LogP contribution < -0.4 is 19.8 Å². The lowest BCUT2D eigenvalue weighted by Crippen LogP contribution is -2.20. The van der Waals surface area contributed by atoms with Crippen LogP contribution in [0.15, 0.2) is 79.4 Å². The van der Waals surface area contributed by atoms with Crippen LogP contribution in [0.3, 0.4) is 0 Å². The first-order valence-electron chi connectivity index (χ1n) is 11.0. The first-order chi connectivity index (χ1) is 18.0. The van der Waals surface area contributed by atoms with Crippen LogP contribution in [0.4, 0.5) is 0 Å². The molecule has 0 aliphatic rings. The summed E-state index contributed by atoms with van der Waals surface area (Å²) in [6.45, 7) is -0.133. The number of para-hydroxylation sites is 1. The number of rotatable bonds is 7. The van der Waals surface area contributed by atoms with Crippen LogP contribution in [-0.2, 0) is 0 Å². The number of hydrogen-bond acceptors (Lipinski definition) is 8. The molecule has 2 heterocycles. The second-order valence-corrected chi connectivity index (χ2v) is 8.63. The molecule has 0 spiro atoms. The zero-order valence-electron chi connectivity index (χ0n) is 19.8. The summed E-state index contributed by atoms with van der Waals surface area (Å²) >= 11 is 3.44. The highest BCUT2D eigenvalue weighted by atomic mass is 79.9. The van der Waals surface area contributed by atoms with E-state index in [1.54, 1.807) is 43.5 Å². The van der Waals surface area contributed by atoms with E-state index < -0.39 is 0 Å². The summed E-state index contributed by atoms with van der Waals surface area (Å²) in [4.78, 5) is 18.2. The lowest BCUT2D eigenvalue weighted by Gasteiger charge is -2.11. The summed E-state index contributed by atoms with van der Waals surface area (Å²) in [7, 11) is 3.08. The SMILES string of the molecule is COc1cc(C=Nn2c(-c3cc4c(OC)cccc4o3)nc3ccccc3c2=O)cc(Br)c1OCC#N. The van der Waals surface area contributed by atoms with Gasteiger partial charge in [-0.3, -0.25) is 4.79 Å². The van der Waals surface area contributed by atoms with E-state index in [-0.39, 0.29) is 18.0 Å². The van der Waals surface area contributed by atoms with Crippen molar-refractivity contribution in [3.05, 3.63) is 81.1 Å². The Morgan fingerprint density at radius 1 is 1.08 bits per heavy atom. The number of nitriles is 1. The number of fused-ring (bicyclic) bond motifs is 2. The van der Waals surface area contributed by atoms with Gasteiger partial charge in [0.05, 0.1) is 41.2 Å². The Morgan fingerprint density at radius 3 is 2.68 bits per heavy atom. The smallest absolute Gasteiger partial charge is 0.282 e. The summed E-state index contributed by atoms with van der Waals surface area (Å²) in [5.41, 5.74) is 1.37. The summed E-state index contributed by atoms with van der Waals surface area (Å²) < 4.78 is 24.1. The molecule has 9 nitrogen and oxygen atoms in total. The van der Waals surface area contributed by atoms with E-state index in [1.165, 1.54) is 18.0 Å². The van der Waals surface area contributed by atoms with Crippen LogP contribution in [0.1, 0.15) is 5.56 Å². The number of aromatic nitrogens is 2. The molecular formula is C27H19BrN4O5. The Hall–Kier alpha value is -4.62. The quantitative estimate of drug-likeness (QED) is 0.246. The van der Waals surface area contributed by atoms with Crippen LogP contribution in [0, 0.1) is 11.3 Å². The predicted octanol–water partition coefficient (Wildman–Crippen LogP) is 5.37. The van der Waals surface area contributed by atoms with Crippen molar-refractivity contribution in [3.63, 3.8) is 0 Å². The minimum atomic E-state index is -0.357. The first kappa shape index (κ1) is 24.1. The van der Waals surface area contributed by atoms with Crippen LogP contribution in [-0.4, -0.2) is 36.7 Å². The molecule has 0 saturated carbocycles. The van der Waals surface area contributed by atoms with Crippen molar-refractivity contribution in [2.45, 2.75) is 0 Å². The first-order valence-corrected chi connectivity index (χ1v) is 11.8. The largest absolute Gasteiger partial charge is 0.496 e. The highest BCUT2D eigenvalue weighted by Crippen LogP contribution is 2.36. The van der Waals surface area contributed by atoms with Crippen molar-refractivity contribution in [1.82, 2.24) is 9.66 Å². The number of furan rings is 1. The lowest BCUT2D eigenvalue weighted by molar-refractivity contribution is 0.327. The van der Waals surface area contributed by atoms with E-state index in [1.807, 2.05) is 30.3 Å². The normalized spacial score (nSPS) is 11.2. The predicted molar refractivity (Wildman–Crippen MR) is 143 cm³/mol. The average molecular weight is 559 g/mol. The topological polar surface area (TPSA) is 112 Å². The monoisotopic (exact) mass is 558 g/mol. The fraction of sp³-hybridized carbons (Fsp3) is 0.111. The lowest BCUT2D eigenvalue weighted by atomic mass is 10.2. The average Bonchev–Trinajstić information content (AvgIpc) is 3.36. The molecule has 184 valence electrons. The summed E-state index contributed by atoms with van der Waals surface area (Å²) in [5.74, 6) is 2.03. The van der Waals surface area contributed by atoms with Crippen molar-refractivity contribution >= 4 is 44.0 Å². The second-order valence-electron chi connectivity index (χ2n) is 7.78. The molecule has 0 bridgehead atoms. The zero-order valence-corrected chi connectivity index (χ0v) is 21.4. The number of benzene rings is 3. The van der Waals surface area contributed by atoms with Crippen LogP contribution in [0.5, 0.6) is 17.2 Å². The van der Waals surface area contributed by atoms with E-state index in [0.717, 1.165) is 5.39 Å². The standard InChI is InChI=1S/C27H19BrN4O5/c1-34-21-8-5-9-22-18(21)14-24(37-22)26-31-20-7-4-3-6-17(20)27(33)32(26)30-15-16-12-19(28)25(36-11-10-29)23(13-16)35-2/h3-9,12-15H,11H2,1-2H3. The molecule has 0 N–H and O–H groups in total. The Kier molecular flexibility index (Phi) is 6.62. The van der Waals surface area contributed by atoms with E-state index in [4.69, 9.17) is 28.9 Å². The highest BCUT2D eigenvalue weighted by molar-refractivity contribution is 9.10. The van der Waals surface area contributed by atoms with E-state index in [0.29, 0.717) is 49.5 Å². The van der Waals surface area contributed by atoms with Gasteiger partial charge in [0.25, 0.3) is 5.56 Å². The van der Waals surface area contributed by atoms with Gasteiger partial charge in [0.1, 0.15) is 17.4 Å². The molecule has 0 fully saturated rings. The van der Waals surface area contributed by atoms with Crippen molar-refractivity contribution < 1.29 is 18.6 Å². The molecule has 5 aromatic rings. The molecule has 2 aromatic heterocycles. The van der Waals surface area contributed by atoms with Gasteiger partial charge >= 0.3 is 0 Å². The van der Waals surface area contributed by atoms with Crippen molar-refractivity contribution in [2.24, 2.45) is 5.10 Å². The molecular weight excluding hydrogens is 540 g/mol. The van der Waals surface area contributed by atoms with Gasteiger partial charge < -0.3 is 18.6 Å². The number of ether oxygens (including phenoxy) is 3. The Morgan fingerprint density at radius 2 is 1.89 bits per heavy atom. The Labute approximate surface area is 219 Å².